The van der Waals surface area contributed by atoms with Gasteiger partial charge in [-0.05, 0) is 31.3 Å². The van der Waals surface area contributed by atoms with Crippen LogP contribution in [0.25, 0.3) is 0 Å². The highest BCUT2D eigenvalue weighted by molar-refractivity contribution is 6.41. The van der Waals surface area contributed by atoms with Gasteiger partial charge in [0.2, 0.25) is 5.91 Å². The normalized spacial score (nSPS) is 10.8. The SMILES string of the molecule is CN(CC(=O)Nc1ccc(Cl)cc1)Cn1ncc(Cl)c(Cl)c1=O. The Kier molecular flexibility index (Phi) is 6.01. The van der Waals surface area contributed by atoms with Gasteiger partial charge in [-0.2, -0.15) is 5.10 Å². The van der Waals surface area contributed by atoms with Gasteiger partial charge >= 0.3 is 0 Å². The van der Waals surface area contributed by atoms with Gasteiger partial charge in [0.05, 0.1) is 24.4 Å². The van der Waals surface area contributed by atoms with E-state index in [1.165, 1.54) is 6.20 Å². The fourth-order valence-electron chi connectivity index (χ4n) is 1.80. The molecule has 0 unspecified atom stereocenters. The van der Waals surface area contributed by atoms with Crippen LogP contribution in [-0.4, -0.2) is 34.2 Å². The van der Waals surface area contributed by atoms with Crippen molar-refractivity contribution < 1.29 is 4.79 Å². The first-order valence-electron chi connectivity index (χ1n) is 6.52. The van der Waals surface area contributed by atoms with E-state index in [4.69, 9.17) is 34.8 Å². The second-order valence-electron chi connectivity index (χ2n) is 4.82. The van der Waals surface area contributed by atoms with Crippen molar-refractivity contribution in [2.24, 2.45) is 0 Å². The largest absolute Gasteiger partial charge is 0.325 e. The van der Waals surface area contributed by atoms with Gasteiger partial charge in [-0.3, -0.25) is 14.5 Å². The van der Waals surface area contributed by atoms with Crippen molar-refractivity contribution in [1.82, 2.24) is 14.7 Å². The molecule has 0 fully saturated rings. The van der Waals surface area contributed by atoms with Gasteiger partial charge in [0.1, 0.15) is 5.02 Å². The van der Waals surface area contributed by atoms with Crippen LogP contribution in [0.15, 0.2) is 35.3 Å². The van der Waals surface area contributed by atoms with Crippen molar-refractivity contribution in [1.29, 1.82) is 0 Å². The molecule has 1 amide bonds. The highest BCUT2D eigenvalue weighted by Gasteiger charge is 2.11. The third-order valence-electron chi connectivity index (χ3n) is 2.86. The molecule has 0 saturated heterocycles. The van der Waals surface area contributed by atoms with Gasteiger partial charge in [0.15, 0.2) is 0 Å². The first kappa shape index (κ1) is 17.7. The van der Waals surface area contributed by atoms with E-state index in [2.05, 4.69) is 10.4 Å². The van der Waals surface area contributed by atoms with Gasteiger partial charge in [-0.15, -0.1) is 0 Å². The monoisotopic (exact) mass is 374 g/mol. The predicted octanol–water partition coefficient (Wildman–Crippen LogP) is 2.73. The molecular weight excluding hydrogens is 363 g/mol. The summed E-state index contributed by atoms with van der Waals surface area (Å²) in [5, 5.41) is 7.19. The number of rotatable bonds is 5. The summed E-state index contributed by atoms with van der Waals surface area (Å²) in [5.74, 6) is -0.233. The van der Waals surface area contributed by atoms with Crippen molar-refractivity contribution >= 4 is 46.4 Å². The van der Waals surface area contributed by atoms with Crippen LogP contribution in [0.2, 0.25) is 15.1 Å². The molecule has 1 aromatic heterocycles. The summed E-state index contributed by atoms with van der Waals surface area (Å²) in [6, 6.07) is 6.76. The number of nitrogens with one attached hydrogen (secondary N) is 1. The Hall–Kier alpha value is -1.60. The maximum absolute atomic E-state index is 12.0. The fourth-order valence-corrected chi connectivity index (χ4v) is 2.20. The van der Waals surface area contributed by atoms with Crippen molar-refractivity contribution in [2.75, 3.05) is 18.9 Å². The van der Waals surface area contributed by atoms with Crippen LogP contribution < -0.4 is 10.9 Å². The summed E-state index contributed by atoms with van der Waals surface area (Å²) in [6.45, 7) is 0.167. The zero-order valence-electron chi connectivity index (χ0n) is 12.1. The first-order valence-corrected chi connectivity index (χ1v) is 7.65. The van der Waals surface area contributed by atoms with Crippen LogP contribution in [0.4, 0.5) is 5.69 Å². The average molecular weight is 376 g/mol. The minimum Gasteiger partial charge on any atom is -0.325 e. The molecule has 9 heteroatoms. The maximum Gasteiger partial charge on any atom is 0.288 e. The van der Waals surface area contributed by atoms with Gasteiger partial charge in [0.25, 0.3) is 5.56 Å². The van der Waals surface area contributed by atoms with Crippen molar-refractivity contribution in [2.45, 2.75) is 6.67 Å². The number of amides is 1. The minimum absolute atomic E-state index is 0.0665. The molecule has 0 aliphatic heterocycles. The van der Waals surface area contributed by atoms with Crippen LogP contribution in [0.1, 0.15) is 0 Å². The van der Waals surface area contributed by atoms with E-state index in [1.807, 2.05) is 0 Å². The van der Waals surface area contributed by atoms with Crippen LogP contribution in [0, 0.1) is 0 Å². The highest BCUT2D eigenvalue weighted by atomic mass is 35.5. The lowest BCUT2D eigenvalue weighted by Gasteiger charge is -2.17. The summed E-state index contributed by atoms with van der Waals surface area (Å²) in [7, 11) is 1.68. The topological polar surface area (TPSA) is 67.2 Å². The van der Waals surface area contributed by atoms with Crippen LogP contribution in [0.5, 0.6) is 0 Å². The number of halogens is 3. The smallest absolute Gasteiger partial charge is 0.288 e. The number of anilines is 1. The van der Waals surface area contributed by atoms with Gasteiger partial charge in [0, 0.05) is 10.7 Å². The quantitative estimate of drug-likeness (QED) is 0.872. The molecule has 0 aliphatic rings. The molecule has 0 radical (unpaired) electrons. The second-order valence-corrected chi connectivity index (χ2v) is 6.04. The third-order valence-corrected chi connectivity index (χ3v) is 3.86. The number of likely N-dealkylation sites (N-methyl/N-ethyl adjacent to an activating group) is 1. The molecule has 2 aromatic rings. The molecule has 23 heavy (non-hydrogen) atoms. The summed E-state index contributed by atoms with van der Waals surface area (Å²) < 4.78 is 1.13. The van der Waals surface area contributed by atoms with Gasteiger partial charge < -0.3 is 5.32 Å². The average Bonchev–Trinajstić information content (AvgIpc) is 2.50. The molecule has 122 valence electrons. The van der Waals surface area contributed by atoms with Gasteiger partial charge in [-0.1, -0.05) is 34.8 Å². The summed E-state index contributed by atoms with van der Waals surface area (Å²) >= 11 is 17.3. The van der Waals surface area contributed by atoms with Crippen molar-refractivity contribution in [3.63, 3.8) is 0 Å². The van der Waals surface area contributed by atoms with Crippen molar-refractivity contribution in [3.8, 4) is 0 Å². The van der Waals surface area contributed by atoms with E-state index < -0.39 is 5.56 Å². The summed E-state index contributed by atoms with van der Waals surface area (Å²) in [4.78, 5) is 25.5. The Labute approximate surface area is 147 Å². The van der Waals surface area contributed by atoms with Crippen LogP contribution in [0.3, 0.4) is 0 Å². The molecule has 0 aliphatic carbocycles. The molecule has 1 heterocycles. The zero-order valence-corrected chi connectivity index (χ0v) is 14.4. The van der Waals surface area contributed by atoms with E-state index in [9.17, 15) is 9.59 Å². The maximum atomic E-state index is 12.0. The van der Waals surface area contributed by atoms with Crippen LogP contribution >= 0.6 is 34.8 Å². The van der Waals surface area contributed by atoms with E-state index in [1.54, 1.807) is 36.2 Å². The summed E-state index contributed by atoms with van der Waals surface area (Å²) in [5.41, 5.74) is 0.127. The molecule has 0 bridgehead atoms. The first-order chi connectivity index (χ1) is 10.9. The molecule has 0 saturated carbocycles. The second kappa shape index (κ2) is 7.79. The Balaban J connectivity index is 1.95. The molecule has 2 rings (SSSR count). The highest BCUT2D eigenvalue weighted by Crippen LogP contribution is 2.15. The number of nitrogens with zero attached hydrogens (tertiary/aromatic N) is 3. The lowest BCUT2D eigenvalue weighted by Crippen LogP contribution is -2.36. The van der Waals surface area contributed by atoms with Gasteiger partial charge in [-0.25, -0.2) is 4.68 Å². The molecule has 1 N–H and O–H groups in total. The minimum atomic E-state index is -0.510. The van der Waals surface area contributed by atoms with E-state index >= 15 is 0 Å². The molecule has 0 spiro atoms. The van der Waals surface area contributed by atoms with E-state index in [0.717, 1.165) is 4.68 Å². The Morgan fingerprint density at radius 3 is 2.57 bits per heavy atom. The number of hydrogen-bond donors (Lipinski definition) is 1. The number of aromatic nitrogens is 2. The number of carbonyl (C=O) groups is 1. The Bertz CT molecular complexity index is 762. The third kappa shape index (κ3) is 4.94. The zero-order chi connectivity index (χ0) is 17.0. The van der Waals surface area contributed by atoms with E-state index in [0.29, 0.717) is 10.7 Å². The van der Waals surface area contributed by atoms with Crippen molar-refractivity contribution in [3.05, 3.63) is 55.9 Å². The lowest BCUT2D eigenvalue weighted by atomic mass is 10.3. The Morgan fingerprint density at radius 1 is 1.26 bits per heavy atom. The summed E-state index contributed by atoms with van der Waals surface area (Å²) in [6.07, 6.45) is 1.28. The molecular formula is C14H13Cl3N4O2. The fraction of sp³-hybridized carbons (Fsp3) is 0.214. The molecule has 0 atom stereocenters. The number of benzene rings is 1. The number of hydrogen-bond acceptors (Lipinski definition) is 4. The Morgan fingerprint density at radius 2 is 1.91 bits per heavy atom. The predicted molar refractivity (Wildman–Crippen MR) is 91.2 cm³/mol. The standard InChI is InChI=1S/C14H13Cl3N4O2/c1-20(8-21-14(23)13(17)11(16)6-18-21)7-12(22)19-10-4-2-9(15)3-5-10/h2-6H,7-8H2,1H3,(H,19,22). The van der Waals surface area contributed by atoms with Crippen LogP contribution in [-0.2, 0) is 11.5 Å². The molecule has 6 nitrogen and oxygen atoms in total. The number of carbonyl (C=O) groups excluding carboxylic acids is 1. The molecule has 1 aromatic carbocycles. The lowest BCUT2D eigenvalue weighted by molar-refractivity contribution is -0.117. The van der Waals surface area contributed by atoms with E-state index in [-0.39, 0.29) is 29.2 Å².